The molecule has 0 radical (unpaired) electrons. The number of carbonyl (C=O) groups excluding carboxylic acids is 1. The molecule has 0 N–H and O–H groups in total. The Morgan fingerprint density at radius 2 is 0.809 bits per heavy atom. The highest BCUT2D eigenvalue weighted by Crippen LogP contribution is 2.38. The number of hydrogen-bond donors (Lipinski definition) is 0. The molecule has 0 aromatic rings. The largest absolute Gasteiger partial charge is 0.756 e. The van der Waals surface area contributed by atoms with Gasteiger partial charge in [0.15, 0.2) is 0 Å². The third-order valence-corrected chi connectivity index (χ3v) is 14.2. The summed E-state index contributed by atoms with van der Waals surface area (Å²) in [6.07, 6.45) is 63.6. The van der Waals surface area contributed by atoms with Gasteiger partial charge in [0.2, 0.25) is 0 Å². The highest BCUT2D eigenvalue weighted by atomic mass is 31.2. The van der Waals surface area contributed by atoms with E-state index in [-0.39, 0.29) is 25.8 Å². The maximum absolute atomic E-state index is 12.8. The summed E-state index contributed by atoms with van der Waals surface area (Å²) in [4.78, 5) is 25.3. The van der Waals surface area contributed by atoms with E-state index in [1.807, 2.05) is 21.1 Å². The van der Waals surface area contributed by atoms with Crippen LogP contribution in [0.1, 0.15) is 290 Å². The molecule has 0 aliphatic carbocycles. The summed E-state index contributed by atoms with van der Waals surface area (Å²) >= 11 is 0. The summed E-state index contributed by atoms with van der Waals surface area (Å²) < 4.78 is 34.9. The maximum atomic E-state index is 12.8. The molecule has 0 aromatic heterocycles. The van der Waals surface area contributed by atoms with Crippen molar-refractivity contribution in [3.8, 4) is 0 Å². The molecule has 0 aromatic carbocycles. The topological polar surface area (TPSA) is 94.1 Å². The van der Waals surface area contributed by atoms with E-state index in [4.69, 9.17) is 18.5 Å². The Morgan fingerprint density at radius 1 is 0.456 bits per heavy atom. The van der Waals surface area contributed by atoms with E-state index < -0.39 is 13.9 Å². The van der Waals surface area contributed by atoms with Crippen molar-refractivity contribution in [2.24, 2.45) is 0 Å². The number of phosphoric ester groups is 1. The van der Waals surface area contributed by atoms with Crippen LogP contribution in [0.5, 0.6) is 0 Å². The second kappa shape index (κ2) is 52.3. The van der Waals surface area contributed by atoms with E-state index in [0.29, 0.717) is 24.1 Å². The van der Waals surface area contributed by atoms with Gasteiger partial charge in [-0.15, -0.1) is 0 Å². The molecule has 8 nitrogen and oxygen atoms in total. The zero-order chi connectivity index (χ0) is 49.8. The third kappa shape index (κ3) is 55.9. The van der Waals surface area contributed by atoms with E-state index in [2.05, 4.69) is 38.2 Å². The number of phosphoric acid groups is 1. The normalized spacial score (nSPS) is 13.6. The molecule has 0 bridgehead atoms. The number of allylic oxidation sites excluding steroid dienone is 4. The second-order valence-corrected chi connectivity index (χ2v) is 22.8. The Hall–Kier alpha value is -1.02. The second-order valence-electron chi connectivity index (χ2n) is 21.4. The van der Waals surface area contributed by atoms with Gasteiger partial charge in [0.05, 0.1) is 34.4 Å². The molecule has 404 valence electrons. The minimum absolute atomic E-state index is 0.0288. The van der Waals surface area contributed by atoms with Gasteiger partial charge in [-0.3, -0.25) is 9.36 Å². The number of carbonyl (C=O) groups is 1. The van der Waals surface area contributed by atoms with Gasteiger partial charge in [-0.25, -0.2) is 0 Å². The standard InChI is InChI=1S/C59H116NO7P/c1-6-8-10-12-14-16-18-20-22-24-26-28-30-31-33-35-37-39-41-43-45-47-49-51-54-64-56-58(57-66-68(62,63)65-55-53-60(3,4)5)67-59(61)52-50-48-46-44-42-40-38-36-34-32-29-27-25-23-21-19-17-15-13-11-9-7-2/h18,20,24,26,58H,6-17,19,21-23,25,27-57H2,1-5H3/b20-18-,26-24-. The first-order valence-corrected chi connectivity index (χ1v) is 31.0. The van der Waals surface area contributed by atoms with Crippen molar-refractivity contribution in [3.05, 3.63) is 24.3 Å². The molecule has 0 rings (SSSR count). The van der Waals surface area contributed by atoms with Crippen molar-refractivity contribution in [1.29, 1.82) is 0 Å². The number of likely N-dealkylation sites (N-methyl/N-ethyl adjacent to an activating group) is 1. The third-order valence-electron chi connectivity index (χ3n) is 13.3. The van der Waals surface area contributed by atoms with E-state index in [1.54, 1.807) is 0 Å². The lowest BCUT2D eigenvalue weighted by molar-refractivity contribution is -0.870. The van der Waals surface area contributed by atoms with E-state index in [9.17, 15) is 14.3 Å². The lowest BCUT2D eigenvalue weighted by Gasteiger charge is -2.28. The molecule has 0 amide bonds. The van der Waals surface area contributed by atoms with Crippen molar-refractivity contribution in [2.75, 3.05) is 54.1 Å². The first kappa shape index (κ1) is 67.0. The first-order valence-electron chi connectivity index (χ1n) is 29.6. The number of esters is 1. The molecule has 0 spiro atoms. The van der Waals surface area contributed by atoms with Crippen LogP contribution in [0.3, 0.4) is 0 Å². The Bertz CT molecular complexity index is 1140. The average Bonchev–Trinajstić information content (AvgIpc) is 3.30. The molecular formula is C59H116NO7P. The minimum atomic E-state index is -4.53. The summed E-state index contributed by atoms with van der Waals surface area (Å²) in [6.45, 7) is 5.47. The van der Waals surface area contributed by atoms with Crippen molar-refractivity contribution in [3.63, 3.8) is 0 Å². The van der Waals surface area contributed by atoms with Gasteiger partial charge in [0, 0.05) is 13.0 Å². The predicted octanol–water partition coefficient (Wildman–Crippen LogP) is 18.0. The van der Waals surface area contributed by atoms with Crippen molar-refractivity contribution in [1.82, 2.24) is 0 Å². The van der Waals surface area contributed by atoms with Crippen LogP contribution in [0.2, 0.25) is 0 Å². The lowest BCUT2D eigenvalue weighted by atomic mass is 10.0. The highest BCUT2D eigenvalue weighted by Gasteiger charge is 2.20. The van der Waals surface area contributed by atoms with Gasteiger partial charge in [-0.2, -0.15) is 0 Å². The minimum Gasteiger partial charge on any atom is -0.756 e. The highest BCUT2D eigenvalue weighted by molar-refractivity contribution is 7.45. The first-order chi connectivity index (χ1) is 33.1. The molecule has 0 aliphatic rings. The molecule has 0 saturated carbocycles. The number of rotatable bonds is 56. The van der Waals surface area contributed by atoms with Gasteiger partial charge in [0.1, 0.15) is 19.3 Å². The van der Waals surface area contributed by atoms with Crippen LogP contribution in [0.15, 0.2) is 24.3 Å². The van der Waals surface area contributed by atoms with Crippen LogP contribution in [0, 0.1) is 0 Å². The Morgan fingerprint density at radius 3 is 1.19 bits per heavy atom. The van der Waals surface area contributed by atoms with Gasteiger partial charge in [-0.1, -0.05) is 263 Å². The smallest absolute Gasteiger partial charge is 0.306 e. The summed E-state index contributed by atoms with van der Waals surface area (Å²) in [5, 5.41) is 0. The van der Waals surface area contributed by atoms with Gasteiger partial charge >= 0.3 is 5.97 Å². The van der Waals surface area contributed by atoms with Gasteiger partial charge in [0.25, 0.3) is 7.82 Å². The molecule has 68 heavy (non-hydrogen) atoms. The quantitative estimate of drug-likeness (QED) is 0.0197. The van der Waals surface area contributed by atoms with Crippen molar-refractivity contribution < 1.29 is 37.3 Å². The fraction of sp³-hybridized carbons (Fsp3) is 0.915. The average molecular weight is 983 g/mol. The van der Waals surface area contributed by atoms with E-state index in [0.717, 1.165) is 38.5 Å². The lowest BCUT2D eigenvalue weighted by Crippen LogP contribution is -2.37. The molecular weight excluding hydrogens is 866 g/mol. The molecule has 2 atom stereocenters. The van der Waals surface area contributed by atoms with Crippen LogP contribution in [-0.2, 0) is 27.9 Å². The summed E-state index contributed by atoms with van der Waals surface area (Å²) in [5.74, 6) is -0.327. The van der Waals surface area contributed by atoms with E-state index >= 15 is 0 Å². The SMILES string of the molecule is CCCCCCC/C=C\C/C=C\CCCCCCCCCCCCCCOCC(COP(=O)([O-])OCC[N+](C)(C)C)OC(=O)CCCCCCCCCCCCCCCCCCCCCCCC. The number of hydrogen-bond acceptors (Lipinski definition) is 7. The Kier molecular flexibility index (Phi) is 51.5. The summed E-state index contributed by atoms with van der Waals surface area (Å²) in [5.41, 5.74) is 0. The van der Waals surface area contributed by atoms with Gasteiger partial charge in [-0.05, 0) is 44.9 Å². The fourth-order valence-corrected chi connectivity index (χ4v) is 9.43. The van der Waals surface area contributed by atoms with Crippen LogP contribution in [0.25, 0.3) is 0 Å². The monoisotopic (exact) mass is 982 g/mol. The molecule has 0 heterocycles. The summed E-state index contributed by atoms with van der Waals surface area (Å²) in [7, 11) is 1.37. The molecule has 0 saturated heterocycles. The number of nitrogens with zero attached hydrogens (tertiary/aromatic N) is 1. The number of unbranched alkanes of at least 4 members (excludes halogenated alkanes) is 38. The number of quaternary nitrogens is 1. The Labute approximate surface area is 423 Å². The zero-order valence-corrected chi connectivity index (χ0v) is 47.0. The molecule has 2 unspecified atom stereocenters. The van der Waals surface area contributed by atoms with E-state index in [1.165, 1.54) is 231 Å². The fourth-order valence-electron chi connectivity index (χ4n) is 8.70. The maximum Gasteiger partial charge on any atom is 0.306 e. The summed E-state index contributed by atoms with van der Waals surface area (Å²) in [6, 6.07) is 0. The van der Waals surface area contributed by atoms with Crippen LogP contribution < -0.4 is 4.89 Å². The van der Waals surface area contributed by atoms with Crippen molar-refractivity contribution in [2.45, 2.75) is 296 Å². The van der Waals surface area contributed by atoms with Gasteiger partial charge < -0.3 is 27.9 Å². The molecule has 0 aliphatic heterocycles. The molecule has 9 heteroatoms. The number of ether oxygens (including phenoxy) is 2. The van der Waals surface area contributed by atoms with Crippen LogP contribution >= 0.6 is 7.82 Å². The van der Waals surface area contributed by atoms with Crippen LogP contribution in [-0.4, -0.2) is 70.7 Å². The van der Waals surface area contributed by atoms with Crippen LogP contribution in [0.4, 0.5) is 0 Å². The Balaban J connectivity index is 4.03. The zero-order valence-electron chi connectivity index (χ0n) is 46.1. The van der Waals surface area contributed by atoms with Crippen molar-refractivity contribution >= 4 is 13.8 Å². The predicted molar refractivity (Wildman–Crippen MR) is 291 cm³/mol. The molecule has 0 fully saturated rings.